The summed E-state index contributed by atoms with van der Waals surface area (Å²) in [5.41, 5.74) is 5.87. The number of halogens is 1. The van der Waals surface area contributed by atoms with Crippen molar-refractivity contribution >= 4 is 11.8 Å². The molecule has 0 aliphatic heterocycles. The van der Waals surface area contributed by atoms with Crippen LogP contribution in [0.1, 0.15) is 12.8 Å². The summed E-state index contributed by atoms with van der Waals surface area (Å²) in [6.07, 6.45) is 3.68. The normalized spacial score (nSPS) is 12.4. The van der Waals surface area contributed by atoms with Gasteiger partial charge in [0.05, 0.1) is 0 Å². The molecule has 1 aromatic rings. The van der Waals surface area contributed by atoms with E-state index in [4.69, 9.17) is 5.73 Å². The minimum absolute atomic E-state index is 0.104. The summed E-state index contributed by atoms with van der Waals surface area (Å²) in [5.74, 6) is 0.577. The third kappa shape index (κ3) is 4.49. The van der Waals surface area contributed by atoms with E-state index in [0.717, 1.165) is 18.6 Å². The van der Waals surface area contributed by atoms with Crippen molar-refractivity contribution in [3.05, 3.63) is 42.7 Å². The summed E-state index contributed by atoms with van der Waals surface area (Å²) < 4.78 is 13.2. The van der Waals surface area contributed by atoms with Gasteiger partial charge >= 0.3 is 0 Å². The second-order valence-corrected chi connectivity index (χ2v) is 4.43. The highest BCUT2D eigenvalue weighted by atomic mass is 32.2. The van der Waals surface area contributed by atoms with Crippen LogP contribution in [0.25, 0.3) is 0 Å². The van der Waals surface area contributed by atoms with Crippen LogP contribution in [0.5, 0.6) is 0 Å². The zero-order chi connectivity index (χ0) is 11.1. The van der Waals surface area contributed by atoms with Crippen molar-refractivity contribution in [2.45, 2.75) is 23.8 Å². The minimum Gasteiger partial charge on any atom is -0.327 e. The van der Waals surface area contributed by atoms with Gasteiger partial charge < -0.3 is 5.73 Å². The minimum atomic E-state index is -0.168. The molecule has 0 spiro atoms. The Morgan fingerprint density at radius 1 is 1.47 bits per heavy atom. The molecule has 0 bridgehead atoms. The second kappa shape index (κ2) is 6.64. The zero-order valence-electron chi connectivity index (χ0n) is 8.66. The molecule has 1 aromatic carbocycles. The van der Waals surface area contributed by atoms with Crippen LogP contribution in [0, 0.1) is 5.82 Å². The summed E-state index contributed by atoms with van der Waals surface area (Å²) >= 11 is 1.47. The van der Waals surface area contributed by atoms with Crippen LogP contribution in [0.4, 0.5) is 4.39 Å². The molecule has 3 heteroatoms. The van der Waals surface area contributed by atoms with Crippen LogP contribution in [0.3, 0.4) is 0 Å². The molecule has 0 fully saturated rings. The third-order valence-corrected chi connectivity index (χ3v) is 3.27. The molecule has 0 radical (unpaired) electrons. The first-order valence-electron chi connectivity index (χ1n) is 4.98. The number of rotatable bonds is 6. The van der Waals surface area contributed by atoms with Gasteiger partial charge in [-0.2, -0.15) is 0 Å². The first kappa shape index (κ1) is 12.3. The third-order valence-electron chi connectivity index (χ3n) is 2.03. The summed E-state index contributed by atoms with van der Waals surface area (Å²) in [6.45, 7) is 3.64. The van der Waals surface area contributed by atoms with Gasteiger partial charge in [0.2, 0.25) is 0 Å². The van der Waals surface area contributed by atoms with Gasteiger partial charge in [0.1, 0.15) is 5.82 Å². The molecule has 1 atom stereocenters. The molecule has 0 saturated carbocycles. The van der Waals surface area contributed by atoms with Crippen molar-refractivity contribution in [3.8, 4) is 0 Å². The molecular weight excluding hydrogens is 209 g/mol. The Kier molecular flexibility index (Phi) is 5.43. The van der Waals surface area contributed by atoms with E-state index < -0.39 is 0 Å². The van der Waals surface area contributed by atoms with Crippen LogP contribution in [0.2, 0.25) is 0 Å². The Morgan fingerprint density at radius 2 is 2.20 bits per heavy atom. The fraction of sp³-hybridized carbons (Fsp3) is 0.333. The Labute approximate surface area is 94.6 Å². The van der Waals surface area contributed by atoms with Gasteiger partial charge in [-0.1, -0.05) is 18.2 Å². The SMILES string of the molecule is C=CCCC(N)CSc1ccccc1F. The van der Waals surface area contributed by atoms with Crippen LogP contribution in [0.15, 0.2) is 41.8 Å². The lowest BCUT2D eigenvalue weighted by Gasteiger charge is -2.09. The van der Waals surface area contributed by atoms with E-state index in [2.05, 4.69) is 6.58 Å². The lowest BCUT2D eigenvalue weighted by atomic mass is 10.2. The Balaban J connectivity index is 2.36. The van der Waals surface area contributed by atoms with Gasteiger partial charge in [-0.05, 0) is 25.0 Å². The van der Waals surface area contributed by atoms with Gasteiger partial charge in [-0.3, -0.25) is 0 Å². The second-order valence-electron chi connectivity index (χ2n) is 3.37. The van der Waals surface area contributed by atoms with Gasteiger partial charge in [-0.25, -0.2) is 4.39 Å². The van der Waals surface area contributed by atoms with Crippen LogP contribution in [-0.4, -0.2) is 11.8 Å². The quantitative estimate of drug-likeness (QED) is 0.594. The number of hydrogen-bond donors (Lipinski definition) is 1. The zero-order valence-corrected chi connectivity index (χ0v) is 9.47. The van der Waals surface area contributed by atoms with Crippen molar-refractivity contribution in [1.29, 1.82) is 0 Å². The lowest BCUT2D eigenvalue weighted by molar-refractivity contribution is 0.601. The van der Waals surface area contributed by atoms with Crippen LogP contribution in [-0.2, 0) is 0 Å². The maximum absolute atomic E-state index is 13.2. The monoisotopic (exact) mass is 225 g/mol. The Bertz CT molecular complexity index is 314. The van der Waals surface area contributed by atoms with Gasteiger partial charge in [0, 0.05) is 16.7 Å². The van der Waals surface area contributed by atoms with Crippen molar-refractivity contribution in [2.24, 2.45) is 5.73 Å². The first-order valence-corrected chi connectivity index (χ1v) is 5.96. The molecule has 1 nitrogen and oxygen atoms in total. The smallest absolute Gasteiger partial charge is 0.136 e. The molecule has 82 valence electrons. The van der Waals surface area contributed by atoms with E-state index in [1.165, 1.54) is 17.8 Å². The molecule has 0 heterocycles. The average molecular weight is 225 g/mol. The molecule has 0 amide bonds. The summed E-state index contributed by atoms with van der Waals surface area (Å²) in [6, 6.07) is 6.88. The maximum Gasteiger partial charge on any atom is 0.136 e. The number of nitrogens with two attached hydrogens (primary N) is 1. The van der Waals surface area contributed by atoms with Crippen LogP contribution < -0.4 is 5.73 Å². The number of allylic oxidation sites excluding steroid dienone is 1. The molecule has 0 aliphatic rings. The first-order chi connectivity index (χ1) is 7.24. The fourth-order valence-corrected chi connectivity index (χ4v) is 2.11. The van der Waals surface area contributed by atoms with Gasteiger partial charge in [0.15, 0.2) is 0 Å². The molecule has 15 heavy (non-hydrogen) atoms. The molecular formula is C12H16FNS. The van der Waals surface area contributed by atoms with E-state index in [1.807, 2.05) is 12.1 Å². The van der Waals surface area contributed by atoms with E-state index in [1.54, 1.807) is 12.1 Å². The fourth-order valence-electron chi connectivity index (χ4n) is 1.17. The number of hydrogen-bond acceptors (Lipinski definition) is 2. The van der Waals surface area contributed by atoms with Crippen molar-refractivity contribution < 1.29 is 4.39 Å². The summed E-state index contributed by atoms with van der Waals surface area (Å²) in [5, 5.41) is 0. The van der Waals surface area contributed by atoms with E-state index in [-0.39, 0.29) is 11.9 Å². The standard InChI is InChI=1S/C12H16FNS/c1-2-3-6-10(14)9-15-12-8-5-4-7-11(12)13/h2,4-5,7-8,10H,1,3,6,9,14H2. The molecule has 1 unspecified atom stereocenters. The predicted molar refractivity (Wildman–Crippen MR) is 64.5 cm³/mol. The predicted octanol–water partition coefficient (Wildman–Crippen LogP) is 3.21. The molecule has 0 saturated heterocycles. The lowest BCUT2D eigenvalue weighted by Crippen LogP contribution is -2.22. The number of thioether (sulfide) groups is 1. The van der Waals surface area contributed by atoms with E-state index in [9.17, 15) is 4.39 Å². The van der Waals surface area contributed by atoms with Gasteiger partial charge in [0.25, 0.3) is 0 Å². The number of benzene rings is 1. The summed E-state index contributed by atoms with van der Waals surface area (Å²) in [7, 11) is 0. The Hall–Kier alpha value is -0.800. The molecule has 2 N–H and O–H groups in total. The molecule has 0 aromatic heterocycles. The summed E-state index contributed by atoms with van der Waals surface area (Å²) in [4.78, 5) is 0.673. The Morgan fingerprint density at radius 3 is 2.87 bits per heavy atom. The highest BCUT2D eigenvalue weighted by molar-refractivity contribution is 7.99. The maximum atomic E-state index is 13.2. The van der Waals surface area contributed by atoms with E-state index in [0.29, 0.717) is 4.90 Å². The van der Waals surface area contributed by atoms with E-state index >= 15 is 0 Å². The largest absolute Gasteiger partial charge is 0.327 e. The average Bonchev–Trinajstić information content (AvgIpc) is 2.25. The highest BCUT2D eigenvalue weighted by Gasteiger charge is 2.05. The van der Waals surface area contributed by atoms with Gasteiger partial charge in [-0.15, -0.1) is 18.3 Å². The highest BCUT2D eigenvalue weighted by Crippen LogP contribution is 2.22. The van der Waals surface area contributed by atoms with Crippen molar-refractivity contribution in [3.63, 3.8) is 0 Å². The van der Waals surface area contributed by atoms with Crippen LogP contribution >= 0.6 is 11.8 Å². The molecule has 1 rings (SSSR count). The van der Waals surface area contributed by atoms with Crippen molar-refractivity contribution in [1.82, 2.24) is 0 Å². The topological polar surface area (TPSA) is 26.0 Å². The molecule has 0 aliphatic carbocycles. The van der Waals surface area contributed by atoms with Crippen molar-refractivity contribution in [2.75, 3.05) is 5.75 Å².